The molecule has 2 N–H and O–H groups in total. The van der Waals surface area contributed by atoms with E-state index in [-0.39, 0.29) is 0 Å². The van der Waals surface area contributed by atoms with E-state index in [1.807, 2.05) is 0 Å². The zero-order valence-corrected chi connectivity index (χ0v) is 8.77. The lowest BCUT2D eigenvalue weighted by molar-refractivity contribution is 0.115. The fourth-order valence-electron chi connectivity index (χ4n) is 2.42. The first kappa shape index (κ1) is 10.0. The third kappa shape index (κ3) is 2.22. The van der Waals surface area contributed by atoms with Gasteiger partial charge in [-0.1, -0.05) is 33.6 Å². The zero-order chi connectivity index (χ0) is 9.19. The molecule has 1 aliphatic carbocycles. The molecule has 1 fully saturated rings. The summed E-state index contributed by atoms with van der Waals surface area (Å²) in [5.41, 5.74) is 6.52. The second-order valence-corrected chi connectivity index (χ2v) is 5.01. The van der Waals surface area contributed by atoms with Gasteiger partial charge in [-0.25, -0.2) is 0 Å². The molecular formula is C11H23N. The standard InChI is InChI=1S/C11H23N/c1-4-5-9-8-10(12)6-7-11(9,2)3/h9-10H,4-8,12H2,1-3H3. The van der Waals surface area contributed by atoms with Crippen LogP contribution in [0.1, 0.15) is 52.9 Å². The third-order valence-electron chi connectivity index (χ3n) is 3.49. The lowest BCUT2D eigenvalue weighted by atomic mass is 9.66. The number of hydrogen-bond acceptors (Lipinski definition) is 1. The molecule has 72 valence electrons. The van der Waals surface area contributed by atoms with E-state index >= 15 is 0 Å². The third-order valence-corrected chi connectivity index (χ3v) is 3.49. The summed E-state index contributed by atoms with van der Waals surface area (Å²) in [6, 6.07) is 0.481. The average Bonchev–Trinajstić information content (AvgIpc) is 1.98. The summed E-state index contributed by atoms with van der Waals surface area (Å²) in [5.74, 6) is 0.867. The van der Waals surface area contributed by atoms with Crippen molar-refractivity contribution in [2.75, 3.05) is 0 Å². The molecule has 0 aromatic heterocycles. The van der Waals surface area contributed by atoms with Gasteiger partial charge in [0.25, 0.3) is 0 Å². The molecule has 2 unspecified atom stereocenters. The van der Waals surface area contributed by atoms with E-state index in [0.29, 0.717) is 11.5 Å². The van der Waals surface area contributed by atoms with Crippen molar-refractivity contribution >= 4 is 0 Å². The van der Waals surface area contributed by atoms with E-state index in [1.54, 1.807) is 0 Å². The smallest absolute Gasteiger partial charge is 0.00418 e. The van der Waals surface area contributed by atoms with Crippen LogP contribution in [0.25, 0.3) is 0 Å². The van der Waals surface area contributed by atoms with Crippen LogP contribution in [0.2, 0.25) is 0 Å². The highest BCUT2D eigenvalue weighted by atomic mass is 14.6. The maximum absolute atomic E-state index is 5.98. The molecule has 0 aromatic carbocycles. The normalized spacial score (nSPS) is 35.0. The van der Waals surface area contributed by atoms with Crippen molar-refractivity contribution in [1.82, 2.24) is 0 Å². The van der Waals surface area contributed by atoms with Crippen LogP contribution in [0.3, 0.4) is 0 Å². The van der Waals surface area contributed by atoms with Crippen LogP contribution in [0.5, 0.6) is 0 Å². The quantitative estimate of drug-likeness (QED) is 0.675. The van der Waals surface area contributed by atoms with Crippen molar-refractivity contribution < 1.29 is 0 Å². The van der Waals surface area contributed by atoms with Crippen LogP contribution in [-0.4, -0.2) is 6.04 Å². The van der Waals surface area contributed by atoms with Crippen molar-refractivity contribution in [3.8, 4) is 0 Å². The van der Waals surface area contributed by atoms with Crippen molar-refractivity contribution in [2.45, 2.75) is 58.9 Å². The maximum Gasteiger partial charge on any atom is 0.00418 e. The topological polar surface area (TPSA) is 26.0 Å². The first-order valence-corrected chi connectivity index (χ1v) is 5.32. The molecule has 0 amide bonds. The Bertz CT molecular complexity index is 140. The highest BCUT2D eigenvalue weighted by Gasteiger charge is 2.34. The van der Waals surface area contributed by atoms with Gasteiger partial charge in [0.1, 0.15) is 0 Å². The van der Waals surface area contributed by atoms with Crippen LogP contribution in [0, 0.1) is 11.3 Å². The van der Waals surface area contributed by atoms with Crippen LogP contribution < -0.4 is 5.73 Å². The highest BCUT2D eigenvalue weighted by molar-refractivity contribution is 4.87. The van der Waals surface area contributed by atoms with E-state index in [9.17, 15) is 0 Å². The molecule has 1 aliphatic rings. The molecule has 1 nitrogen and oxygen atoms in total. The predicted octanol–water partition coefficient (Wildman–Crippen LogP) is 2.94. The summed E-state index contributed by atoms with van der Waals surface area (Å²) in [6.07, 6.45) is 6.47. The van der Waals surface area contributed by atoms with Gasteiger partial charge in [0.15, 0.2) is 0 Å². The van der Waals surface area contributed by atoms with Crippen LogP contribution in [0.4, 0.5) is 0 Å². The summed E-state index contributed by atoms with van der Waals surface area (Å²) in [6.45, 7) is 7.08. The molecule has 0 aliphatic heterocycles. The van der Waals surface area contributed by atoms with Gasteiger partial charge in [0, 0.05) is 6.04 Å². The molecule has 0 spiro atoms. The van der Waals surface area contributed by atoms with E-state index in [4.69, 9.17) is 5.73 Å². The van der Waals surface area contributed by atoms with Crippen LogP contribution in [0.15, 0.2) is 0 Å². The minimum absolute atomic E-state index is 0.481. The van der Waals surface area contributed by atoms with Crippen molar-refractivity contribution in [3.05, 3.63) is 0 Å². The summed E-state index contributed by atoms with van der Waals surface area (Å²) in [7, 11) is 0. The molecule has 0 radical (unpaired) electrons. The van der Waals surface area contributed by atoms with E-state index in [1.165, 1.54) is 32.1 Å². The average molecular weight is 169 g/mol. The van der Waals surface area contributed by atoms with Crippen molar-refractivity contribution in [3.63, 3.8) is 0 Å². The van der Waals surface area contributed by atoms with Crippen molar-refractivity contribution in [2.24, 2.45) is 17.1 Å². The Kier molecular flexibility index (Phi) is 3.16. The van der Waals surface area contributed by atoms with Gasteiger partial charge in [0.2, 0.25) is 0 Å². The van der Waals surface area contributed by atoms with Gasteiger partial charge in [-0.15, -0.1) is 0 Å². The Morgan fingerprint density at radius 3 is 2.67 bits per heavy atom. The van der Waals surface area contributed by atoms with E-state index in [2.05, 4.69) is 20.8 Å². The molecule has 12 heavy (non-hydrogen) atoms. The molecule has 1 saturated carbocycles. The fourth-order valence-corrected chi connectivity index (χ4v) is 2.42. The van der Waals surface area contributed by atoms with Crippen LogP contribution in [-0.2, 0) is 0 Å². The lowest BCUT2D eigenvalue weighted by Crippen LogP contribution is -2.38. The molecule has 0 saturated heterocycles. The van der Waals surface area contributed by atoms with Crippen molar-refractivity contribution in [1.29, 1.82) is 0 Å². The van der Waals surface area contributed by atoms with Gasteiger partial charge >= 0.3 is 0 Å². The number of rotatable bonds is 2. The highest BCUT2D eigenvalue weighted by Crippen LogP contribution is 2.42. The summed E-state index contributed by atoms with van der Waals surface area (Å²) >= 11 is 0. The Labute approximate surface area is 76.7 Å². The van der Waals surface area contributed by atoms with Gasteiger partial charge in [-0.05, 0) is 30.6 Å². The Hall–Kier alpha value is -0.0400. The second-order valence-electron chi connectivity index (χ2n) is 5.01. The zero-order valence-electron chi connectivity index (χ0n) is 8.77. The molecule has 0 heterocycles. The predicted molar refractivity (Wildman–Crippen MR) is 54.0 cm³/mol. The molecule has 0 bridgehead atoms. The van der Waals surface area contributed by atoms with E-state index < -0.39 is 0 Å². The first-order chi connectivity index (χ1) is 5.56. The lowest BCUT2D eigenvalue weighted by Gasteiger charge is -2.41. The first-order valence-electron chi connectivity index (χ1n) is 5.32. The monoisotopic (exact) mass is 169 g/mol. The molecule has 2 atom stereocenters. The molecular weight excluding hydrogens is 146 g/mol. The van der Waals surface area contributed by atoms with Gasteiger partial charge in [-0.2, -0.15) is 0 Å². The largest absolute Gasteiger partial charge is 0.328 e. The van der Waals surface area contributed by atoms with E-state index in [0.717, 1.165) is 5.92 Å². The van der Waals surface area contributed by atoms with Crippen LogP contribution >= 0.6 is 0 Å². The summed E-state index contributed by atoms with van der Waals surface area (Å²) < 4.78 is 0. The van der Waals surface area contributed by atoms with Gasteiger partial charge < -0.3 is 5.73 Å². The Morgan fingerprint density at radius 2 is 2.08 bits per heavy atom. The Balaban J connectivity index is 2.52. The van der Waals surface area contributed by atoms with Gasteiger partial charge in [-0.3, -0.25) is 0 Å². The minimum Gasteiger partial charge on any atom is -0.328 e. The number of nitrogens with two attached hydrogens (primary N) is 1. The maximum atomic E-state index is 5.98. The SMILES string of the molecule is CCCC1CC(N)CCC1(C)C. The Morgan fingerprint density at radius 1 is 1.42 bits per heavy atom. The molecule has 0 aromatic rings. The minimum atomic E-state index is 0.481. The molecule has 1 heteroatoms. The van der Waals surface area contributed by atoms with Gasteiger partial charge in [0.05, 0.1) is 0 Å². The number of hydrogen-bond donors (Lipinski definition) is 1. The second kappa shape index (κ2) is 3.78. The fraction of sp³-hybridized carbons (Fsp3) is 1.00. The molecule has 1 rings (SSSR count). The summed E-state index contributed by atoms with van der Waals surface area (Å²) in [5, 5.41) is 0. The summed E-state index contributed by atoms with van der Waals surface area (Å²) in [4.78, 5) is 0.